The molecular weight excluding hydrogens is 274 g/mol. The van der Waals surface area contributed by atoms with Crippen LogP contribution in [0.2, 0.25) is 0 Å². The summed E-state index contributed by atoms with van der Waals surface area (Å²) in [5, 5.41) is 1.05. The number of nitrogens with zero attached hydrogens (tertiary/aromatic N) is 1. The van der Waals surface area contributed by atoms with Gasteiger partial charge in [0.1, 0.15) is 0 Å². The number of aromatic nitrogens is 1. The van der Waals surface area contributed by atoms with Crippen molar-refractivity contribution < 1.29 is 9.53 Å². The molecule has 1 aromatic carbocycles. The summed E-state index contributed by atoms with van der Waals surface area (Å²) in [6.07, 6.45) is 5.34. The third-order valence-corrected chi connectivity index (χ3v) is 5.14. The summed E-state index contributed by atoms with van der Waals surface area (Å²) in [6.45, 7) is 3.00. The Labute approximate surface area is 130 Å². The van der Waals surface area contributed by atoms with Crippen molar-refractivity contribution in [1.82, 2.24) is 4.98 Å². The highest BCUT2D eigenvalue weighted by molar-refractivity contribution is 6.01. The predicted octanol–water partition coefficient (Wildman–Crippen LogP) is 4.18. The molecule has 2 heterocycles. The number of Topliss-reactive ketones (excluding diaryl/α,β-unsaturated/α-hetero) is 1. The molecule has 0 bridgehead atoms. The van der Waals surface area contributed by atoms with Crippen molar-refractivity contribution in [1.29, 1.82) is 0 Å². The molecule has 0 saturated heterocycles. The maximum absolute atomic E-state index is 12.7. The van der Waals surface area contributed by atoms with E-state index < -0.39 is 0 Å². The van der Waals surface area contributed by atoms with E-state index >= 15 is 0 Å². The van der Waals surface area contributed by atoms with Gasteiger partial charge in [-0.05, 0) is 43.0 Å². The molecule has 0 unspecified atom stereocenters. The molecule has 1 aromatic heterocycles. The van der Waals surface area contributed by atoms with Gasteiger partial charge in [0.25, 0.3) is 0 Å². The molecule has 2 aromatic rings. The number of rotatable bonds is 2. The molecule has 1 aliphatic carbocycles. The van der Waals surface area contributed by atoms with Crippen LogP contribution >= 0.6 is 0 Å². The zero-order chi connectivity index (χ0) is 15.1. The molecule has 0 radical (unpaired) electrons. The molecule has 3 nitrogen and oxygen atoms in total. The Morgan fingerprint density at radius 2 is 2.00 bits per heavy atom. The monoisotopic (exact) mass is 295 g/mol. The number of pyridine rings is 1. The van der Waals surface area contributed by atoms with Crippen LogP contribution in [0.4, 0.5) is 0 Å². The van der Waals surface area contributed by atoms with E-state index in [0.29, 0.717) is 12.4 Å². The minimum Gasteiger partial charge on any atom is -0.477 e. The van der Waals surface area contributed by atoms with Gasteiger partial charge in [0.2, 0.25) is 5.88 Å². The fourth-order valence-corrected chi connectivity index (χ4v) is 3.68. The fraction of sp³-hybridized carbons (Fsp3) is 0.474. The summed E-state index contributed by atoms with van der Waals surface area (Å²) >= 11 is 0. The minimum atomic E-state index is 0.208. The molecule has 0 N–H and O–H groups in total. The van der Waals surface area contributed by atoms with Gasteiger partial charge in [0.15, 0.2) is 5.78 Å². The quantitative estimate of drug-likeness (QED) is 0.780. The van der Waals surface area contributed by atoms with Gasteiger partial charge in [0, 0.05) is 28.9 Å². The van der Waals surface area contributed by atoms with E-state index in [1.807, 2.05) is 18.2 Å². The number of carbonyl (C=O) groups is 1. The summed E-state index contributed by atoms with van der Waals surface area (Å²) in [4.78, 5) is 17.3. The van der Waals surface area contributed by atoms with Gasteiger partial charge in [-0.2, -0.15) is 0 Å². The Bertz CT molecular complexity index is 730. The Balaban J connectivity index is 1.64. The van der Waals surface area contributed by atoms with Gasteiger partial charge < -0.3 is 4.74 Å². The lowest BCUT2D eigenvalue weighted by Gasteiger charge is -2.25. The maximum atomic E-state index is 12.7. The molecular formula is C19H21NO2. The fourth-order valence-electron chi connectivity index (χ4n) is 3.68. The van der Waals surface area contributed by atoms with Gasteiger partial charge in [0.05, 0.1) is 12.1 Å². The molecule has 1 aliphatic heterocycles. The highest BCUT2D eigenvalue weighted by Gasteiger charge is 2.25. The van der Waals surface area contributed by atoms with E-state index in [1.54, 1.807) is 0 Å². The van der Waals surface area contributed by atoms with E-state index in [9.17, 15) is 4.79 Å². The minimum absolute atomic E-state index is 0.208. The van der Waals surface area contributed by atoms with Crippen molar-refractivity contribution in [3.63, 3.8) is 0 Å². The summed E-state index contributed by atoms with van der Waals surface area (Å²) in [5.41, 5.74) is 2.91. The number of ether oxygens (including phenoxy) is 1. The Morgan fingerprint density at radius 3 is 2.82 bits per heavy atom. The molecule has 0 spiro atoms. The molecule has 3 heteroatoms. The van der Waals surface area contributed by atoms with Crippen LogP contribution in [0.25, 0.3) is 10.9 Å². The predicted molar refractivity (Wildman–Crippen MR) is 86.4 cm³/mol. The van der Waals surface area contributed by atoms with Crippen molar-refractivity contribution in [2.24, 2.45) is 11.8 Å². The Hall–Kier alpha value is -1.90. The van der Waals surface area contributed by atoms with Crippen molar-refractivity contribution in [3.8, 4) is 5.88 Å². The number of carbonyl (C=O) groups excluding carboxylic acids is 1. The first kappa shape index (κ1) is 13.7. The van der Waals surface area contributed by atoms with Gasteiger partial charge >= 0.3 is 0 Å². The lowest BCUT2D eigenvalue weighted by Crippen LogP contribution is -2.20. The van der Waals surface area contributed by atoms with Crippen LogP contribution in [-0.2, 0) is 6.42 Å². The second kappa shape index (κ2) is 5.38. The molecule has 22 heavy (non-hydrogen) atoms. The molecule has 114 valence electrons. The molecule has 4 rings (SSSR count). The number of hydrogen-bond donors (Lipinski definition) is 0. The van der Waals surface area contributed by atoms with Crippen molar-refractivity contribution >= 4 is 16.7 Å². The second-order valence-corrected chi connectivity index (χ2v) is 6.78. The van der Waals surface area contributed by atoms with Crippen LogP contribution in [0.5, 0.6) is 5.88 Å². The zero-order valence-electron chi connectivity index (χ0n) is 13.0. The maximum Gasteiger partial charge on any atom is 0.217 e. The number of fused-ring (bicyclic) bond motifs is 2. The molecule has 2 aliphatic rings. The summed E-state index contributed by atoms with van der Waals surface area (Å²) in [7, 11) is 0. The van der Waals surface area contributed by atoms with Crippen LogP contribution in [-0.4, -0.2) is 17.4 Å². The molecule has 1 saturated carbocycles. The number of hydrogen-bond acceptors (Lipinski definition) is 3. The SMILES string of the molecule is CC1CCC(C(=O)c2ccc3nc4c(cc3c2)CCO4)CC1. The lowest BCUT2D eigenvalue weighted by molar-refractivity contribution is 0.0876. The van der Waals surface area contributed by atoms with E-state index in [0.717, 1.165) is 53.1 Å². The van der Waals surface area contributed by atoms with E-state index in [2.05, 4.69) is 18.0 Å². The average Bonchev–Trinajstić information content (AvgIpc) is 2.99. The Morgan fingerprint density at radius 1 is 1.18 bits per heavy atom. The summed E-state index contributed by atoms with van der Waals surface area (Å²) < 4.78 is 5.51. The van der Waals surface area contributed by atoms with Crippen LogP contribution in [0, 0.1) is 11.8 Å². The third kappa shape index (κ3) is 2.39. The van der Waals surface area contributed by atoms with E-state index in [-0.39, 0.29) is 5.92 Å². The third-order valence-electron chi connectivity index (χ3n) is 5.14. The number of benzene rings is 1. The topological polar surface area (TPSA) is 39.2 Å². The zero-order valence-corrected chi connectivity index (χ0v) is 13.0. The lowest BCUT2D eigenvalue weighted by atomic mass is 9.79. The van der Waals surface area contributed by atoms with Crippen LogP contribution in [0.3, 0.4) is 0 Å². The smallest absolute Gasteiger partial charge is 0.217 e. The highest BCUT2D eigenvalue weighted by atomic mass is 16.5. The summed E-state index contributed by atoms with van der Waals surface area (Å²) in [6, 6.07) is 8.03. The van der Waals surface area contributed by atoms with Gasteiger partial charge in [-0.25, -0.2) is 4.98 Å². The largest absolute Gasteiger partial charge is 0.477 e. The molecule has 0 amide bonds. The second-order valence-electron chi connectivity index (χ2n) is 6.78. The summed E-state index contributed by atoms with van der Waals surface area (Å²) in [5.74, 6) is 2.05. The first-order valence-corrected chi connectivity index (χ1v) is 8.31. The van der Waals surface area contributed by atoms with E-state index in [4.69, 9.17) is 4.74 Å². The van der Waals surface area contributed by atoms with Crippen molar-refractivity contribution in [2.45, 2.75) is 39.0 Å². The van der Waals surface area contributed by atoms with Gasteiger partial charge in [-0.3, -0.25) is 4.79 Å². The standard InChI is InChI=1S/C19H21NO2/c1-12-2-4-13(5-3-12)18(21)14-6-7-17-16(10-14)11-15-8-9-22-19(15)20-17/h6-7,10-13H,2-5,8-9H2,1H3. The highest BCUT2D eigenvalue weighted by Crippen LogP contribution is 2.32. The van der Waals surface area contributed by atoms with Crippen LogP contribution in [0.15, 0.2) is 24.3 Å². The normalized spacial score (nSPS) is 24.0. The van der Waals surface area contributed by atoms with Crippen molar-refractivity contribution in [2.75, 3.05) is 6.61 Å². The molecule has 1 fully saturated rings. The average molecular weight is 295 g/mol. The van der Waals surface area contributed by atoms with Gasteiger partial charge in [-0.15, -0.1) is 0 Å². The van der Waals surface area contributed by atoms with Crippen LogP contribution in [0.1, 0.15) is 48.5 Å². The first-order valence-electron chi connectivity index (χ1n) is 8.31. The van der Waals surface area contributed by atoms with E-state index in [1.165, 1.54) is 12.8 Å². The van der Waals surface area contributed by atoms with Gasteiger partial charge in [-0.1, -0.05) is 19.8 Å². The Kier molecular flexibility index (Phi) is 3.36. The van der Waals surface area contributed by atoms with Crippen molar-refractivity contribution in [3.05, 3.63) is 35.4 Å². The molecule has 0 atom stereocenters. The number of ketones is 1. The first-order chi connectivity index (χ1) is 10.7. The van der Waals surface area contributed by atoms with Crippen LogP contribution < -0.4 is 4.74 Å².